The lowest BCUT2D eigenvalue weighted by atomic mass is 10.0. The maximum absolute atomic E-state index is 14.0. The summed E-state index contributed by atoms with van der Waals surface area (Å²) in [4.78, 5) is 0. The fourth-order valence-corrected chi connectivity index (χ4v) is 2.01. The van der Waals surface area contributed by atoms with Crippen molar-refractivity contribution in [2.75, 3.05) is 0 Å². The van der Waals surface area contributed by atoms with Crippen LogP contribution in [0.1, 0.15) is 24.2 Å². The quantitative estimate of drug-likeness (QED) is 0.924. The molecule has 0 aliphatic carbocycles. The van der Waals surface area contributed by atoms with Crippen LogP contribution >= 0.6 is 0 Å². The van der Waals surface area contributed by atoms with Gasteiger partial charge in [-0.3, -0.25) is 0 Å². The molecule has 2 atom stereocenters. The van der Waals surface area contributed by atoms with Crippen LogP contribution in [0, 0.1) is 18.6 Å². The third-order valence-electron chi connectivity index (χ3n) is 3.07. The molecule has 2 N–H and O–H groups in total. The second kappa shape index (κ2) is 6.01. The first-order valence-corrected chi connectivity index (χ1v) is 6.42. The molecule has 2 nitrogen and oxygen atoms in total. The fraction of sp³-hybridized carbons (Fsp3) is 0.250. The Morgan fingerprint density at radius 3 is 2.45 bits per heavy atom. The normalized spacial score (nSPS) is 13.8. The van der Waals surface area contributed by atoms with E-state index in [1.54, 1.807) is 38.1 Å². The molecule has 0 amide bonds. The SMILES string of the molecule is Cc1cccc(OC(c2cccc(F)c2)C(C)N)c1F. The Kier molecular flexibility index (Phi) is 4.35. The van der Waals surface area contributed by atoms with Gasteiger partial charge in [0.1, 0.15) is 11.9 Å². The zero-order chi connectivity index (χ0) is 14.7. The van der Waals surface area contributed by atoms with Crippen molar-refractivity contribution in [3.05, 3.63) is 65.2 Å². The second-order valence-electron chi connectivity index (χ2n) is 4.84. The van der Waals surface area contributed by atoms with E-state index < -0.39 is 18.0 Å². The molecule has 0 aliphatic heterocycles. The number of ether oxygens (including phenoxy) is 1. The van der Waals surface area contributed by atoms with Crippen molar-refractivity contribution >= 4 is 0 Å². The van der Waals surface area contributed by atoms with Crippen LogP contribution in [0.15, 0.2) is 42.5 Å². The zero-order valence-corrected chi connectivity index (χ0v) is 11.4. The van der Waals surface area contributed by atoms with E-state index in [9.17, 15) is 8.78 Å². The van der Waals surface area contributed by atoms with Gasteiger partial charge in [-0.25, -0.2) is 8.78 Å². The summed E-state index contributed by atoms with van der Waals surface area (Å²) in [7, 11) is 0. The fourth-order valence-electron chi connectivity index (χ4n) is 2.01. The predicted octanol–water partition coefficient (Wildman–Crippen LogP) is 3.74. The van der Waals surface area contributed by atoms with Gasteiger partial charge >= 0.3 is 0 Å². The molecule has 0 spiro atoms. The maximum atomic E-state index is 14.0. The minimum atomic E-state index is -0.609. The van der Waals surface area contributed by atoms with E-state index in [1.807, 2.05) is 0 Å². The second-order valence-corrected chi connectivity index (χ2v) is 4.84. The Morgan fingerprint density at radius 1 is 1.10 bits per heavy atom. The molecule has 0 fully saturated rings. The molecule has 0 heterocycles. The van der Waals surface area contributed by atoms with Gasteiger partial charge in [-0.1, -0.05) is 24.3 Å². The highest BCUT2D eigenvalue weighted by molar-refractivity contribution is 5.31. The molecular weight excluding hydrogens is 260 g/mol. The number of hydrogen-bond donors (Lipinski definition) is 1. The van der Waals surface area contributed by atoms with Crippen LogP contribution in [0.2, 0.25) is 0 Å². The lowest BCUT2D eigenvalue weighted by Crippen LogP contribution is -2.29. The number of nitrogens with two attached hydrogens (primary N) is 1. The summed E-state index contributed by atoms with van der Waals surface area (Å²) in [6, 6.07) is 10.5. The molecule has 20 heavy (non-hydrogen) atoms. The first kappa shape index (κ1) is 14.5. The van der Waals surface area contributed by atoms with Crippen molar-refractivity contribution in [1.82, 2.24) is 0 Å². The van der Waals surface area contributed by atoms with Crippen molar-refractivity contribution in [2.45, 2.75) is 26.0 Å². The van der Waals surface area contributed by atoms with Crippen molar-refractivity contribution in [3.63, 3.8) is 0 Å². The van der Waals surface area contributed by atoms with Gasteiger partial charge < -0.3 is 10.5 Å². The lowest BCUT2D eigenvalue weighted by Gasteiger charge is -2.23. The van der Waals surface area contributed by atoms with Crippen molar-refractivity contribution in [2.24, 2.45) is 5.73 Å². The van der Waals surface area contributed by atoms with E-state index in [0.717, 1.165) is 0 Å². The van der Waals surface area contributed by atoms with Gasteiger partial charge in [-0.2, -0.15) is 0 Å². The molecule has 0 saturated carbocycles. The van der Waals surface area contributed by atoms with Crippen LogP contribution in [-0.4, -0.2) is 6.04 Å². The minimum absolute atomic E-state index is 0.122. The summed E-state index contributed by atoms with van der Waals surface area (Å²) in [5.41, 5.74) is 6.96. The summed E-state index contributed by atoms with van der Waals surface area (Å²) < 4.78 is 32.9. The highest BCUT2D eigenvalue weighted by Crippen LogP contribution is 2.28. The minimum Gasteiger partial charge on any atom is -0.481 e. The summed E-state index contributed by atoms with van der Waals surface area (Å²) in [5.74, 6) is -0.674. The highest BCUT2D eigenvalue weighted by Gasteiger charge is 2.20. The molecule has 2 rings (SSSR count). The van der Waals surface area contributed by atoms with Crippen LogP contribution in [0.25, 0.3) is 0 Å². The van der Waals surface area contributed by atoms with E-state index in [2.05, 4.69) is 0 Å². The van der Waals surface area contributed by atoms with Gasteiger partial charge in [0.25, 0.3) is 0 Å². The Hall–Kier alpha value is -1.94. The summed E-state index contributed by atoms with van der Waals surface area (Å²) >= 11 is 0. The smallest absolute Gasteiger partial charge is 0.167 e. The van der Waals surface area contributed by atoms with E-state index in [-0.39, 0.29) is 11.6 Å². The van der Waals surface area contributed by atoms with E-state index in [4.69, 9.17) is 10.5 Å². The van der Waals surface area contributed by atoms with Crippen molar-refractivity contribution in [3.8, 4) is 5.75 Å². The Balaban J connectivity index is 2.33. The molecule has 2 aromatic rings. The average Bonchev–Trinajstić information content (AvgIpc) is 2.40. The van der Waals surface area contributed by atoms with Gasteiger partial charge in [-0.05, 0) is 43.2 Å². The van der Waals surface area contributed by atoms with Crippen molar-refractivity contribution in [1.29, 1.82) is 0 Å². The summed E-state index contributed by atoms with van der Waals surface area (Å²) in [6.07, 6.45) is -0.609. The van der Waals surface area contributed by atoms with E-state index in [0.29, 0.717) is 11.1 Å². The maximum Gasteiger partial charge on any atom is 0.167 e. The van der Waals surface area contributed by atoms with Gasteiger partial charge in [0.15, 0.2) is 11.6 Å². The summed E-state index contributed by atoms with van der Waals surface area (Å²) in [6.45, 7) is 3.40. The number of hydrogen-bond acceptors (Lipinski definition) is 2. The Labute approximate surface area is 117 Å². The predicted molar refractivity (Wildman–Crippen MR) is 74.6 cm³/mol. The number of benzene rings is 2. The van der Waals surface area contributed by atoms with E-state index in [1.165, 1.54) is 18.2 Å². The molecule has 106 valence electrons. The van der Waals surface area contributed by atoms with Gasteiger partial charge in [0.2, 0.25) is 0 Å². The Bertz CT molecular complexity index is 599. The van der Waals surface area contributed by atoms with Crippen LogP contribution in [-0.2, 0) is 0 Å². The summed E-state index contributed by atoms with van der Waals surface area (Å²) in [5, 5.41) is 0. The highest BCUT2D eigenvalue weighted by atomic mass is 19.1. The van der Waals surface area contributed by atoms with Crippen LogP contribution in [0.5, 0.6) is 5.75 Å². The molecule has 2 unspecified atom stereocenters. The molecule has 0 bridgehead atoms. The van der Waals surface area contributed by atoms with Gasteiger partial charge in [0.05, 0.1) is 0 Å². The monoisotopic (exact) mass is 277 g/mol. The average molecular weight is 277 g/mol. The first-order chi connectivity index (χ1) is 9.49. The van der Waals surface area contributed by atoms with E-state index >= 15 is 0 Å². The number of rotatable bonds is 4. The molecular formula is C16H17F2NO. The standard InChI is InChI=1S/C16H17F2NO/c1-10-5-3-8-14(15(10)18)20-16(11(2)19)12-6-4-7-13(17)9-12/h3-9,11,16H,19H2,1-2H3. The molecule has 0 aliphatic rings. The third-order valence-corrected chi connectivity index (χ3v) is 3.07. The zero-order valence-electron chi connectivity index (χ0n) is 11.4. The molecule has 4 heteroatoms. The molecule has 2 aromatic carbocycles. The first-order valence-electron chi connectivity index (χ1n) is 6.42. The van der Waals surface area contributed by atoms with Gasteiger partial charge in [-0.15, -0.1) is 0 Å². The van der Waals surface area contributed by atoms with Crippen molar-refractivity contribution < 1.29 is 13.5 Å². The number of halogens is 2. The van der Waals surface area contributed by atoms with Crippen LogP contribution < -0.4 is 10.5 Å². The molecule has 0 saturated heterocycles. The largest absolute Gasteiger partial charge is 0.481 e. The van der Waals surface area contributed by atoms with Gasteiger partial charge in [0, 0.05) is 6.04 Å². The lowest BCUT2D eigenvalue weighted by molar-refractivity contribution is 0.172. The molecule has 0 radical (unpaired) electrons. The third kappa shape index (κ3) is 3.14. The topological polar surface area (TPSA) is 35.2 Å². The van der Waals surface area contributed by atoms with Crippen LogP contribution in [0.3, 0.4) is 0 Å². The Morgan fingerprint density at radius 2 is 1.80 bits per heavy atom. The molecule has 0 aromatic heterocycles. The van der Waals surface area contributed by atoms with Crippen LogP contribution in [0.4, 0.5) is 8.78 Å². The number of aryl methyl sites for hydroxylation is 1.